The van der Waals surface area contributed by atoms with Crippen molar-refractivity contribution in [1.29, 1.82) is 5.26 Å². The molecule has 2 amide bonds. The molecule has 1 unspecified atom stereocenters. The molecule has 1 aliphatic heterocycles. The average molecular weight is 243 g/mol. The van der Waals surface area contributed by atoms with Crippen molar-refractivity contribution in [2.24, 2.45) is 0 Å². The Labute approximate surface area is 105 Å². The first-order valence-corrected chi connectivity index (χ1v) is 5.72. The van der Waals surface area contributed by atoms with Gasteiger partial charge >= 0.3 is 0 Å². The van der Waals surface area contributed by atoms with E-state index in [0.29, 0.717) is 24.2 Å². The number of nitriles is 1. The molecule has 18 heavy (non-hydrogen) atoms. The van der Waals surface area contributed by atoms with Crippen molar-refractivity contribution >= 4 is 11.8 Å². The van der Waals surface area contributed by atoms with Crippen LogP contribution in [0.4, 0.5) is 0 Å². The van der Waals surface area contributed by atoms with E-state index < -0.39 is 6.04 Å². The molecule has 1 heterocycles. The van der Waals surface area contributed by atoms with Crippen LogP contribution in [0.2, 0.25) is 0 Å². The number of nitrogens with zero attached hydrogens (tertiary/aromatic N) is 2. The number of carbonyl (C=O) groups excluding carboxylic acids is 2. The van der Waals surface area contributed by atoms with Crippen LogP contribution in [0.15, 0.2) is 24.3 Å². The SMILES string of the molecule is CC1C(=O)NCCN1C(=O)c1cccc(C#N)c1. The number of rotatable bonds is 1. The van der Waals surface area contributed by atoms with E-state index >= 15 is 0 Å². The molecule has 0 radical (unpaired) electrons. The van der Waals surface area contributed by atoms with Gasteiger partial charge in [-0.2, -0.15) is 5.26 Å². The Morgan fingerprint density at radius 2 is 2.33 bits per heavy atom. The summed E-state index contributed by atoms with van der Waals surface area (Å²) in [6, 6.07) is 8.03. The van der Waals surface area contributed by atoms with Crippen LogP contribution in [0.25, 0.3) is 0 Å². The Hall–Kier alpha value is -2.35. The monoisotopic (exact) mass is 243 g/mol. The van der Waals surface area contributed by atoms with Gasteiger partial charge in [-0.3, -0.25) is 9.59 Å². The topological polar surface area (TPSA) is 73.2 Å². The first-order chi connectivity index (χ1) is 8.63. The Morgan fingerprint density at radius 1 is 1.56 bits per heavy atom. The molecule has 2 rings (SSSR count). The van der Waals surface area contributed by atoms with Crippen molar-refractivity contribution in [1.82, 2.24) is 10.2 Å². The Balaban J connectivity index is 2.25. The molecule has 0 bridgehead atoms. The van der Waals surface area contributed by atoms with Gasteiger partial charge in [0, 0.05) is 18.7 Å². The van der Waals surface area contributed by atoms with Gasteiger partial charge in [0.15, 0.2) is 0 Å². The average Bonchev–Trinajstić information content (AvgIpc) is 2.41. The lowest BCUT2D eigenvalue weighted by atomic mass is 10.1. The first-order valence-electron chi connectivity index (χ1n) is 5.72. The van der Waals surface area contributed by atoms with E-state index in [1.807, 2.05) is 6.07 Å². The standard InChI is InChI=1S/C13H13N3O2/c1-9-12(17)15-5-6-16(9)13(18)11-4-2-3-10(7-11)8-14/h2-4,7,9H,5-6H2,1H3,(H,15,17). The van der Waals surface area contributed by atoms with Crippen LogP contribution < -0.4 is 5.32 Å². The number of piperazine rings is 1. The van der Waals surface area contributed by atoms with Crippen molar-refractivity contribution in [3.05, 3.63) is 35.4 Å². The molecule has 1 fully saturated rings. The number of nitrogens with one attached hydrogen (secondary N) is 1. The number of hydrogen-bond donors (Lipinski definition) is 1. The zero-order valence-electron chi connectivity index (χ0n) is 10.0. The molecular formula is C13H13N3O2. The fourth-order valence-electron chi connectivity index (χ4n) is 1.95. The Morgan fingerprint density at radius 3 is 3.06 bits per heavy atom. The summed E-state index contributed by atoms with van der Waals surface area (Å²) < 4.78 is 0. The Bertz CT molecular complexity index is 533. The summed E-state index contributed by atoms with van der Waals surface area (Å²) in [5, 5.41) is 11.5. The van der Waals surface area contributed by atoms with Crippen LogP contribution in [0.1, 0.15) is 22.8 Å². The summed E-state index contributed by atoms with van der Waals surface area (Å²) >= 11 is 0. The molecule has 1 saturated heterocycles. The van der Waals surface area contributed by atoms with Crippen molar-refractivity contribution in [3.8, 4) is 6.07 Å². The summed E-state index contributed by atoms with van der Waals surface area (Å²) in [6.07, 6.45) is 0. The van der Waals surface area contributed by atoms with Gasteiger partial charge in [-0.25, -0.2) is 0 Å². The third-order valence-electron chi connectivity index (χ3n) is 3.00. The van der Waals surface area contributed by atoms with Crippen LogP contribution in [-0.2, 0) is 4.79 Å². The second-order valence-electron chi connectivity index (χ2n) is 4.16. The van der Waals surface area contributed by atoms with Gasteiger partial charge in [-0.1, -0.05) is 6.07 Å². The van der Waals surface area contributed by atoms with Crippen molar-refractivity contribution < 1.29 is 9.59 Å². The van der Waals surface area contributed by atoms with Crippen LogP contribution in [0.3, 0.4) is 0 Å². The highest BCUT2D eigenvalue weighted by Gasteiger charge is 2.29. The normalized spacial score (nSPS) is 19.0. The summed E-state index contributed by atoms with van der Waals surface area (Å²) in [6.45, 7) is 2.65. The maximum atomic E-state index is 12.3. The zero-order valence-corrected chi connectivity index (χ0v) is 10.0. The fraction of sp³-hybridized carbons (Fsp3) is 0.308. The molecule has 92 valence electrons. The van der Waals surface area contributed by atoms with Gasteiger partial charge in [0.2, 0.25) is 5.91 Å². The minimum Gasteiger partial charge on any atom is -0.353 e. The highest BCUT2D eigenvalue weighted by molar-refractivity contribution is 5.98. The Kier molecular flexibility index (Phi) is 3.28. The summed E-state index contributed by atoms with van der Waals surface area (Å²) in [7, 11) is 0. The smallest absolute Gasteiger partial charge is 0.254 e. The van der Waals surface area contributed by atoms with E-state index in [9.17, 15) is 9.59 Å². The molecular weight excluding hydrogens is 230 g/mol. The van der Waals surface area contributed by atoms with Crippen LogP contribution in [0.5, 0.6) is 0 Å². The molecule has 1 aromatic rings. The largest absolute Gasteiger partial charge is 0.353 e. The quantitative estimate of drug-likeness (QED) is 0.781. The predicted molar refractivity (Wildman–Crippen MR) is 64.7 cm³/mol. The zero-order chi connectivity index (χ0) is 13.1. The summed E-state index contributed by atoms with van der Waals surface area (Å²) in [5.41, 5.74) is 0.880. The predicted octanol–water partition coefficient (Wildman–Crippen LogP) is 0.519. The minimum atomic E-state index is -0.475. The van der Waals surface area contributed by atoms with Gasteiger partial charge < -0.3 is 10.2 Å². The molecule has 1 atom stereocenters. The first kappa shape index (κ1) is 12.1. The second-order valence-corrected chi connectivity index (χ2v) is 4.16. The highest BCUT2D eigenvalue weighted by Crippen LogP contribution is 2.12. The van der Waals surface area contributed by atoms with E-state index in [1.54, 1.807) is 31.2 Å². The van der Waals surface area contributed by atoms with Gasteiger partial charge in [0.05, 0.1) is 11.6 Å². The van der Waals surface area contributed by atoms with Gasteiger partial charge in [-0.05, 0) is 25.1 Å². The minimum absolute atomic E-state index is 0.147. The van der Waals surface area contributed by atoms with Crippen molar-refractivity contribution in [2.75, 3.05) is 13.1 Å². The third-order valence-corrected chi connectivity index (χ3v) is 3.00. The lowest BCUT2D eigenvalue weighted by Gasteiger charge is -2.32. The third kappa shape index (κ3) is 2.18. The lowest BCUT2D eigenvalue weighted by molar-refractivity contribution is -0.127. The molecule has 5 nitrogen and oxygen atoms in total. The van der Waals surface area contributed by atoms with E-state index in [1.165, 1.54) is 4.90 Å². The number of amides is 2. The fourth-order valence-corrected chi connectivity index (χ4v) is 1.95. The van der Waals surface area contributed by atoms with Gasteiger partial charge in [-0.15, -0.1) is 0 Å². The molecule has 0 aromatic heterocycles. The van der Waals surface area contributed by atoms with E-state index in [-0.39, 0.29) is 11.8 Å². The van der Waals surface area contributed by atoms with Crippen LogP contribution in [0, 0.1) is 11.3 Å². The van der Waals surface area contributed by atoms with E-state index in [0.717, 1.165) is 0 Å². The number of hydrogen-bond acceptors (Lipinski definition) is 3. The maximum absolute atomic E-state index is 12.3. The lowest BCUT2D eigenvalue weighted by Crippen LogP contribution is -2.55. The highest BCUT2D eigenvalue weighted by atomic mass is 16.2. The van der Waals surface area contributed by atoms with E-state index in [4.69, 9.17) is 5.26 Å². The molecule has 5 heteroatoms. The number of carbonyl (C=O) groups is 2. The molecule has 1 aliphatic rings. The van der Waals surface area contributed by atoms with Crippen LogP contribution in [-0.4, -0.2) is 35.8 Å². The van der Waals surface area contributed by atoms with Crippen molar-refractivity contribution in [3.63, 3.8) is 0 Å². The second kappa shape index (κ2) is 4.88. The van der Waals surface area contributed by atoms with Gasteiger partial charge in [0.1, 0.15) is 6.04 Å². The molecule has 0 aliphatic carbocycles. The summed E-state index contributed by atoms with van der Waals surface area (Å²) in [4.78, 5) is 25.3. The molecule has 0 saturated carbocycles. The summed E-state index contributed by atoms with van der Waals surface area (Å²) in [5.74, 6) is -0.361. The van der Waals surface area contributed by atoms with Crippen LogP contribution >= 0.6 is 0 Å². The molecule has 1 aromatic carbocycles. The molecule has 1 N–H and O–H groups in total. The van der Waals surface area contributed by atoms with Crippen molar-refractivity contribution in [2.45, 2.75) is 13.0 Å². The number of benzene rings is 1. The van der Waals surface area contributed by atoms with Gasteiger partial charge in [0.25, 0.3) is 5.91 Å². The van der Waals surface area contributed by atoms with E-state index in [2.05, 4.69) is 5.32 Å². The molecule has 0 spiro atoms. The maximum Gasteiger partial charge on any atom is 0.254 e.